The number of amides is 1. The Hall–Kier alpha value is -2.45. The van der Waals surface area contributed by atoms with Crippen LogP contribution >= 0.6 is 12.4 Å². The van der Waals surface area contributed by atoms with Crippen LogP contribution in [0.2, 0.25) is 0 Å². The van der Waals surface area contributed by atoms with E-state index in [1.165, 1.54) is 12.8 Å². The highest BCUT2D eigenvalue weighted by molar-refractivity contribution is 5.93. The predicted octanol–water partition coefficient (Wildman–Crippen LogP) is 1.65. The van der Waals surface area contributed by atoms with Gasteiger partial charge < -0.3 is 20.9 Å². The Bertz CT molecular complexity index is 819. The highest BCUT2D eigenvalue weighted by Crippen LogP contribution is 2.25. The van der Waals surface area contributed by atoms with Gasteiger partial charge >= 0.3 is 0 Å². The third kappa shape index (κ3) is 4.12. The summed E-state index contributed by atoms with van der Waals surface area (Å²) in [7, 11) is 1.59. The molecule has 2 saturated heterocycles. The topological polar surface area (TPSA) is 95.1 Å². The molecule has 1 amide bonds. The smallest absolute Gasteiger partial charge is 0.269 e. The van der Waals surface area contributed by atoms with Crippen LogP contribution in [0.5, 0.6) is 0 Å². The second-order valence-corrected chi connectivity index (χ2v) is 6.87. The van der Waals surface area contributed by atoms with E-state index < -0.39 is 0 Å². The molecule has 2 fully saturated rings. The van der Waals surface area contributed by atoms with Crippen LogP contribution in [0.3, 0.4) is 0 Å². The minimum Gasteiger partial charge on any atom is -0.354 e. The van der Waals surface area contributed by atoms with E-state index in [2.05, 4.69) is 35.8 Å². The molecule has 144 valence electrons. The molecule has 2 atom stereocenters. The molecule has 0 aliphatic carbocycles. The molecule has 4 rings (SSSR count). The summed E-state index contributed by atoms with van der Waals surface area (Å²) in [5.41, 5.74) is 1.97. The molecule has 2 aromatic heterocycles. The van der Waals surface area contributed by atoms with Crippen molar-refractivity contribution in [3.05, 3.63) is 35.8 Å². The summed E-state index contributed by atoms with van der Waals surface area (Å²) < 4.78 is 0. The molecule has 3 N–H and O–H groups in total. The molecular weight excluding hydrogens is 366 g/mol. The fourth-order valence-corrected chi connectivity index (χ4v) is 3.70. The molecule has 2 aromatic rings. The lowest BCUT2D eigenvalue weighted by molar-refractivity contribution is 0.0957. The minimum atomic E-state index is -0.194. The zero-order chi connectivity index (χ0) is 18.1. The van der Waals surface area contributed by atoms with Gasteiger partial charge in [0.1, 0.15) is 11.5 Å². The molecule has 4 heterocycles. The minimum absolute atomic E-state index is 0. The predicted molar refractivity (Wildman–Crippen MR) is 107 cm³/mol. The number of carbonyl (C=O) groups excluding carboxylic acids is 1. The van der Waals surface area contributed by atoms with Crippen molar-refractivity contribution in [2.45, 2.75) is 31.8 Å². The molecule has 2 aliphatic rings. The monoisotopic (exact) mass is 389 g/mol. The maximum Gasteiger partial charge on any atom is 0.269 e. The van der Waals surface area contributed by atoms with Crippen molar-refractivity contribution < 1.29 is 4.79 Å². The number of piperazine rings is 1. The Morgan fingerprint density at radius 1 is 1.26 bits per heavy atom. The van der Waals surface area contributed by atoms with Gasteiger partial charge in [0.2, 0.25) is 5.95 Å². The first-order valence-electron chi connectivity index (χ1n) is 8.92. The van der Waals surface area contributed by atoms with Crippen molar-refractivity contribution in [3.63, 3.8) is 0 Å². The number of nitrogens with zero attached hydrogens (tertiary/aromatic N) is 4. The lowest BCUT2D eigenvalue weighted by Crippen LogP contribution is -2.51. The molecule has 9 heteroatoms. The number of rotatable bonds is 4. The first-order chi connectivity index (χ1) is 12.6. The van der Waals surface area contributed by atoms with Gasteiger partial charge in [-0.25, -0.2) is 9.97 Å². The fraction of sp³-hybridized carbons (Fsp3) is 0.444. The Kier molecular flexibility index (Phi) is 5.76. The SMILES string of the molecule is CNC(=O)c1ncc(Nc2nccc(N3C[C@H]4CC[C@@H](C3)N4)n2)cc1C.Cl. The van der Waals surface area contributed by atoms with Gasteiger partial charge in [0.15, 0.2) is 0 Å². The van der Waals surface area contributed by atoms with Crippen molar-refractivity contribution in [2.75, 3.05) is 30.4 Å². The maximum absolute atomic E-state index is 11.8. The number of nitrogens with one attached hydrogen (secondary N) is 3. The lowest BCUT2D eigenvalue weighted by atomic mass is 10.2. The summed E-state index contributed by atoms with van der Waals surface area (Å²) in [5.74, 6) is 1.27. The number of fused-ring (bicyclic) bond motifs is 2. The Morgan fingerprint density at radius 3 is 2.67 bits per heavy atom. The maximum atomic E-state index is 11.8. The van der Waals surface area contributed by atoms with Gasteiger partial charge in [0.25, 0.3) is 5.91 Å². The summed E-state index contributed by atoms with van der Waals surface area (Å²) in [4.78, 5) is 27.3. The highest BCUT2D eigenvalue weighted by Gasteiger charge is 2.32. The van der Waals surface area contributed by atoms with Crippen molar-refractivity contribution >= 4 is 35.8 Å². The molecule has 0 radical (unpaired) electrons. The van der Waals surface area contributed by atoms with Crippen molar-refractivity contribution in [3.8, 4) is 0 Å². The molecule has 0 aromatic carbocycles. The van der Waals surface area contributed by atoms with Gasteiger partial charge in [-0.3, -0.25) is 4.79 Å². The average molecular weight is 390 g/mol. The standard InChI is InChI=1S/C18H23N7O.ClH/c1-11-7-14(8-21-16(11)17(26)19-2)23-18-20-6-5-15(24-18)25-9-12-3-4-13(10-25)22-12;/h5-8,12-13,22H,3-4,9-10H2,1-2H3,(H,19,26)(H,20,23,24);1H/t12-,13+;. The van der Waals surface area contributed by atoms with E-state index >= 15 is 0 Å². The second kappa shape index (κ2) is 8.06. The quantitative estimate of drug-likeness (QED) is 0.731. The van der Waals surface area contributed by atoms with Crippen LogP contribution in [0.4, 0.5) is 17.5 Å². The van der Waals surface area contributed by atoms with E-state index in [-0.39, 0.29) is 18.3 Å². The van der Waals surface area contributed by atoms with Crippen molar-refractivity contribution in [1.82, 2.24) is 25.6 Å². The van der Waals surface area contributed by atoms with E-state index in [0.29, 0.717) is 23.7 Å². The van der Waals surface area contributed by atoms with Gasteiger partial charge in [-0.1, -0.05) is 0 Å². The van der Waals surface area contributed by atoms with Gasteiger partial charge in [-0.05, 0) is 37.5 Å². The Balaban J connectivity index is 0.00000210. The first kappa shape index (κ1) is 19.3. The second-order valence-electron chi connectivity index (χ2n) is 6.87. The van der Waals surface area contributed by atoms with Gasteiger partial charge in [0.05, 0.1) is 11.9 Å². The molecule has 2 bridgehead atoms. The number of aryl methyl sites for hydroxylation is 1. The number of aromatic nitrogens is 3. The molecule has 8 nitrogen and oxygen atoms in total. The molecule has 0 spiro atoms. The zero-order valence-corrected chi connectivity index (χ0v) is 16.2. The van der Waals surface area contributed by atoms with Crippen molar-refractivity contribution in [2.24, 2.45) is 0 Å². The van der Waals surface area contributed by atoms with Gasteiger partial charge in [-0.15, -0.1) is 12.4 Å². The van der Waals surface area contributed by atoms with Crippen LogP contribution in [0.15, 0.2) is 24.5 Å². The van der Waals surface area contributed by atoms with Crippen LogP contribution in [0.1, 0.15) is 28.9 Å². The zero-order valence-electron chi connectivity index (χ0n) is 15.4. The number of hydrogen-bond donors (Lipinski definition) is 3. The van der Waals surface area contributed by atoms with Crippen LogP contribution < -0.4 is 20.9 Å². The van der Waals surface area contributed by atoms with Crippen LogP contribution in [0.25, 0.3) is 0 Å². The van der Waals surface area contributed by atoms with E-state index in [0.717, 1.165) is 30.2 Å². The number of halogens is 1. The molecular formula is C18H24ClN7O. The summed E-state index contributed by atoms with van der Waals surface area (Å²) in [5, 5.41) is 9.41. The molecule has 0 unspecified atom stereocenters. The van der Waals surface area contributed by atoms with E-state index in [4.69, 9.17) is 0 Å². The Morgan fingerprint density at radius 2 is 2.00 bits per heavy atom. The van der Waals surface area contributed by atoms with Gasteiger partial charge in [-0.2, -0.15) is 4.98 Å². The largest absolute Gasteiger partial charge is 0.354 e. The molecule has 2 aliphatic heterocycles. The van der Waals surface area contributed by atoms with Crippen LogP contribution in [-0.4, -0.2) is 53.1 Å². The third-order valence-electron chi connectivity index (χ3n) is 4.96. The number of anilines is 3. The van der Waals surface area contributed by atoms with E-state index in [1.807, 2.05) is 19.1 Å². The van der Waals surface area contributed by atoms with Crippen LogP contribution in [-0.2, 0) is 0 Å². The van der Waals surface area contributed by atoms with Gasteiger partial charge in [0, 0.05) is 38.4 Å². The number of pyridine rings is 1. The fourth-order valence-electron chi connectivity index (χ4n) is 3.70. The lowest BCUT2D eigenvalue weighted by Gasteiger charge is -2.33. The number of hydrogen-bond acceptors (Lipinski definition) is 7. The summed E-state index contributed by atoms with van der Waals surface area (Å²) in [6.45, 7) is 3.82. The third-order valence-corrected chi connectivity index (χ3v) is 4.96. The highest BCUT2D eigenvalue weighted by atomic mass is 35.5. The first-order valence-corrected chi connectivity index (χ1v) is 8.92. The average Bonchev–Trinajstić information content (AvgIpc) is 2.99. The summed E-state index contributed by atoms with van der Waals surface area (Å²) in [6.07, 6.45) is 5.87. The number of carbonyl (C=O) groups is 1. The normalized spacial score (nSPS) is 20.7. The molecule has 0 saturated carbocycles. The summed E-state index contributed by atoms with van der Waals surface area (Å²) >= 11 is 0. The van der Waals surface area contributed by atoms with E-state index in [1.54, 1.807) is 19.4 Å². The van der Waals surface area contributed by atoms with Crippen LogP contribution in [0, 0.1) is 6.92 Å². The van der Waals surface area contributed by atoms with E-state index in [9.17, 15) is 4.79 Å². The summed E-state index contributed by atoms with van der Waals surface area (Å²) in [6, 6.07) is 4.95. The Labute approximate surface area is 164 Å². The van der Waals surface area contributed by atoms with Crippen molar-refractivity contribution in [1.29, 1.82) is 0 Å². The molecule has 27 heavy (non-hydrogen) atoms.